The Morgan fingerprint density at radius 3 is 2.42 bits per heavy atom. The summed E-state index contributed by atoms with van der Waals surface area (Å²) in [7, 11) is 0. The maximum absolute atomic E-state index is 12.5. The fourth-order valence-corrected chi connectivity index (χ4v) is 6.54. The summed E-state index contributed by atoms with van der Waals surface area (Å²) < 4.78 is 29.0. The van der Waals surface area contributed by atoms with E-state index in [1.807, 2.05) is 18.2 Å². The quantitative estimate of drug-likeness (QED) is 0.152. The van der Waals surface area contributed by atoms with Gasteiger partial charge < -0.3 is 60.1 Å². The molecule has 3 fully saturated rings. The number of fused-ring (bicyclic) bond motifs is 3. The van der Waals surface area contributed by atoms with Gasteiger partial charge in [0.2, 0.25) is 0 Å². The number of carbonyl (C=O) groups excluding carboxylic acids is 1. The van der Waals surface area contributed by atoms with E-state index in [4.69, 9.17) is 29.4 Å². The van der Waals surface area contributed by atoms with Gasteiger partial charge in [-0.25, -0.2) is 4.79 Å². The summed E-state index contributed by atoms with van der Waals surface area (Å²) in [6.45, 7) is 3.64. The summed E-state index contributed by atoms with van der Waals surface area (Å²) in [4.78, 5) is 24.8. The van der Waals surface area contributed by atoms with Gasteiger partial charge in [0.25, 0.3) is 0 Å². The minimum absolute atomic E-state index is 0.0816. The second-order valence-electron chi connectivity index (χ2n) is 13.5. The Bertz CT molecular complexity index is 1270. The average molecular weight is 708 g/mol. The van der Waals surface area contributed by atoms with E-state index in [-0.39, 0.29) is 25.4 Å². The molecule has 14 nitrogen and oxygen atoms in total. The number of ether oxygens (including phenoxy) is 5. The molecule has 4 heterocycles. The fraction of sp³-hybridized carbons (Fsp3) is 0.667. The van der Waals surface area contributed by atoms with Crippen LogP contribution in [0.1, 0.15) is 65.2 Å². The van der Waals surface area contributed by atoms with Crippen LogP contribution in [0.4, 0.5) is 0 Å². The molecule has 3 saturated heterocycles. The zero-order chi connectivity index (χ0) is 36.4. The van der Waals surface area contributed by atoms with E-state index in [1.165, 1.54) is 6.08 Å². The summed E-state index contributed by atoms with van der Waals surface area (Å²) in [5.74, 6) is -5.41. The highest BCUT2D eigenvalue weighted by Crippen LogP contribution is 2.39. The average Bonchev–Trinajstić information content (AvgIpc) is 3.78. The molecule has 4 rings (SSSR count). The Morgan fingerprint density at radius 2 is 1.70 bits per heavy atom. The molecule has 0 amide bonds. The number of aliphatic hydroxyl groups excluding tert-OH is 4. The van der Waals surface area contributed by atoms with Gasteiger partial charge in [0.05, 0.1) is 48.8 Å². The van der Waals surface area contributed by atoms with Crippen LogP contribution in [0.3, 0.4) is 0 Å². The van der Waals surface area contributed by atoms with Crippen LogP contribution in [-0.2, 0) is 33.3 Å². The second-order valence-corrected chi connectivity index (χ2v) is 13.5. The maximum atomic E-state index is 12.5. The number of carboxylic acid groups (broad SMARTS) is 1. The summed E-state index contributed by atoms with van der Waals surface area (Å²) in [5.41, 5.74) is 6.00. The number of carbonyl (C=O) groups is 2. The largest absolute Gasteiger partial charge is 0.481 e. The molecule has 0 aromatic heterocycles. The number of carboxylic acids is 1. The summed E-state index contributed by atoms with van der Waals surface area (Å²) in [6.07, 6.45) is 8.24. The first-order chi connectivity index (χ1) is 23.8. The molecule has 0 aromatic carbocycles. The van der Waals surface area contributed by atoms with E-state index < -0.39 is 97.3 Å². The number of aliphatic hydroxyl groups is 5. The van der Waals surface area contributed by atoms with E-state index in [0.717, 1.165) is 19.3 Å². The van der Waals surface area contributed by atoms with Crippen molar-refractivity contribution in [3.05, 3.63) is 60.8 Å². The molecule has 14 heteroatoms. The van der Waals surface area contributed by atoms with Gasteiger partial charge in [-0.3, -0.25) is 4.79 Å². The number of hydrogen-bond acceptors (Lipinski definition) is 13. The van der Waals surface area contributed by atoms with Crippen LogP contribution in [0, 0.1) is 5.92 Å². The zero-order valence-electron chi connectivity index (χ0n) is 28.6. The van der Waals surface area contributed by atoms with Crippen molar-refractivity contribution in [2.45, 2.75) is 144 Å². The van der Waals surface area contributed by atoms with Gasteiger partial charge in [-0.05, 0) is 19.4 Å². The van der Waals surface area contributed by atoms with Crippen LogP contribution in [0.2, 0.25) is 0 Å². The Kier molecular flexibility index (Phi) is 14.9. The summed E-state index contributed by atoms with van der Waals surface area (Å²) >= 11 is 0. The molecule has 4 aliphatic heterocycles. The minimum atomic E-state index is -2.10. The van der Waals surface area contributed by atoms with Gasteiger partial charge in [-0.2, -0.15) is 0 Å². The van der Waals surface area contributed by atoms with Gasteiger partial charge in [0.1, 0.15) is 24.2 Å². The Labute approximate surface area is 292 Å². The van der Waals surface area contributed by atoms with Crippen LogP contribution in [0.5, 0.6) is 0 Å². The molecule has 50 heavy (non-hydrogen) atoms. The first kappa shape index (κ1) is 40.0. The normalized spacial score (nSPS) is 41.9. The molecule has 2 bridgehead atoms. The summed E-state index contributed by atoms with van der Waals surface area (Å²) in [5, 5.41) is 64.2. The van der Waals surface area contributed by atoms with E-state index in [2.05, 4.69) is 6.92 Å². The predicted molar refractivity (Wildman–Crippen MR) is 179 cm³/mol. The first-order valence-electron chi connectivity index (χ1n) is 17.4. The van der Waals surface area contributed by atoms with Crippen molar-refractivity contribution in [1.82, 2.24) is 0 Å². The molecular weight excluding hydrogens is 654 g/mol. The van der Waals surface area contributed by atoms with Crippen molar-refractivity contribution in [2.75, 3.05) is 0 Å². The molecule has 280 valence electrons. The fourth-order valence-electron chi connectivity index (χ4n) is 6.54. The molecule has 0 saturated carbocycles. The van der Waals surface area contributed by atoms with E-state index in [1.54, 1.807) is 43.4 Å². The first-order valence-corrected chi connectivity index (χ1v) is 17.4. The Hall–Kier alpha value is -2.76. The summed E-state index contributed by atoms with van der Waals surface area (Å²) in [6, 6.07) is -1.08. The highest BCUT2D eigenvalue weighted by molar-refractivity contribution is 5.82. The van der Waals surface area contributed by atoms with Crippen LogP contribution in [-0.4, -0.2) is 122 Å². The number of rotatable bonds is 6. The molecule has 0 radical (unpaired) electrons. The third-order valence-corrected chi connectivity index (χ3v) is 9.35. The highest BCUT2D eigenvalue weighted by Gasteiger charge is 2.51. The number of unbranched alkanes of at least 4 members (excludes halogenated alkanes) is 1. The Morgan fingerprint density at radius 1 is 0.980 bits per heavy atom. The monoisotopic (exact) mass is 707 g/mol. The lowest BCUT2D eigenvalue weighted by molar-refractivity contribution is -0.308. The third-order valence-electron chi connectivity index (χ3n) is 9.35. The number of esters is 1. The smallest absolute Gasteiger partial charge is 0.330 e. The van der Waals surface area contributed by atoms with Gasteiger partial charge >= 0.3 is 11.9 Å². The highest BCUT2D eigenvalue weighted by atomic mass is 16.7. The maximum Gasteiger partial charge on any atom is 0.330 e. The number of cyclic esters (lactones) is 1. The zero-order valence-corrected chi connectivity index (χ0v) is 28.6. The lowest BCUT2D eigenvalue weighted by Gasteiger charge is -2.45. The SMILES string of the molecule is CCCC[C@@H]1CC=CC=CC=CC=C[C@H](O[C@@H]2O[C@H](C)[C@H](O)[C@H](N)[C@@H]2O)C[C@H]2O[C@@](O)(C[C@H](O)C[C@@H]3O[C@@H]3C=CC(=O)O1)C[C@@H](O)[C@H]2C(=O)O. The van der Waals surface area contributed by atoms with Crippen molar-refractivity contribution in [3.8, 4) is 0 Å². The lowest BCUT2D eigenvalue weighted by atomic mass is 9.83. The topological polar surface area (TPSA) is 231 Å². The van der Waals surface area contributed by atoms with Gasteiger partial charge in [-0.15, -0.1) is 0 Å². The Balaban J connectivity index is 1.58. The van der Waals surface area contributed by atoms with Gasteiger partial charge in [0.15, 0.2) is 12.1 Å². The number of aliphatic carboxylic acids is 1. The van der Waals surface area contributed by atoms with E-state index in [9.17, 15) is 40.2 Å². The van der Waals surface area contributed by atoms with Crippen molar-refractivity contribution in [2.24, 2.45) is 11.7 Å². The number of nitrogens with two attached hydrogens (primary N) is 1. The van der Waals surface area contributed by atoms with Crippen LogP contribution < -0.4 is 5.73 Å². The van der Waals surface area contributed by atoms with Gasteiger partial charge in [0, 0.05) is 38.2 Å². The van der Waals surface area contributed by atoms with Crippen LogP contribution in [0.25, 0.3) is 0 Å². The van der Waals surface area contributed by atoms with Crippen molar-refractivity contribution in [3.63, 3.8) is 0 Å². The van der Waals surface area contributed by atoms with Gasteiger partial charge in [-0.1, -0.05) is 68.4 Å². The van der Waals surface area contributed by atoms with E-state index in [0.29, 0.717) is 6.42 Å². The second kappa shape index (κ2) is 18.6. The lowest BCUT2D eigenvalue weighted by Crippen LogP contribution is -2.61. The molecule has 0 aliphatic carbocycles. The molecule has 0 unspecified atom stereocenters. The number of hydrogen-bond donors (Lipinski definition) is 7. The van der Waals surface area contributed by atoms with Crippen molar-refractivity contribution < 1.29 is 63.9 Å². The molecule has 4 aliphatic rings. The standard InChI is InChI=1S/C36H53NO13/c1-3-4-12-23-13-10-8-6-5-7-9-11-14-24(48-35-33(42)31(37)32(41)21(2)46-35)18-28-30(34(43)44)25(39)20-36(45,50-28)19-22(38)17-27-26(49-27)15-16-29(40)47-23/h5-11,14-16,21-28,30-33,35,38-39,41-42,45H,3-4,12-13,17-20,37H2,1-2H3,(H,43,44)/t21-,22-,23-,24+,25-,26-,27+,28-,30-,31+,32+,33+,35+,36+/m1/s1. The third kappa shape index (κ3) is 11.6. The van der Waals surface area contributed by atoms with Crippen LogP contribution >= 0.6 is 0 Å². The number of allylic oxidation sites excluding steroid dienone is 6. The van der Waals surface area contributed by atoms with Crippen molar-refractivity contribution in [1.29, 1.82) is 0 Å². The molecular formula is C36H53NO13. The molecule has 0 spiro atoms. The minimum Gasteiger partial charge on any atom is -0.481 e. The van der Waals surface area contributed by atoms with E-state index >= 15 is 0 Å². The van der Waals surface area contributed by atoms with Crippen molar-refractivity contribution >= 4 is 11.9 Å². The molecule has 14 atom stereocenters. The number of epoxide rings is 1. The molecule has 0 aromatic rings. The van der Waals surface area contributed by atoms with Crippen LogP contribution in [0.15, 0.2) is 60.8 Å². The predicted octanol–water partition coefficient (Wildman–Crippen LogP) is 1.29. The molecule has 8 N–H and O–H groups in total.